The molecule has 30 heavy (non-hydrogen) atoms. The maximum absolute atomic E-state index is 12.7. The number of anilines is 2. The molecule has 0 atom stereocenters. The Kier molecular flexibility index (Phi) is 5.57. The zero-order chi connectivity index (χ0) is 21.1. The zero-order valence-electron chi connectivity index (χ0n) is 16.5. The minimum atomic E-state index is -3.33. The summed E-state index contributed by atoms with van der Waals surface area (Å²) >= 11 is 0. The first kappa shape index (κ1) is 20.1. The Labute approximate surface area is 176 Å². The quantitative estimate of drug-likeness (QED) is 0.609. The SMILES string of the molecule is N#Cc1ccc2nc(N3CCS(=O)(=O)c4ccccc4C3)cc(NCCCN)c2c1. The molecule has 0 saturated carbocycles. The van der Waals surface area contributed by atoms with Gasteiger partial charge in [-0.3, -0.25) is 0 Å². The predicted molar refractivity (Wildman–Crippen MR) is 118 cm³/mol. The number of sulfone groups is 1. The van der Waals surface area contributed by atoms with Crippen molar-refractivity contribution in [1.29, 1.82) is 5.26 Å². The van der Waals surface area contributed by atoms with Gasteiger partial charge in [0.2, 0.25) is 0 Å². The Morgan fingerprint density at radius 2 is 2.03 bits per heavy atom. The minimum Gasteiger partial charge on any atom is -0.384 e. The van der Waals surface area contributed by atoms with E-state index >= 15 is 0 Å². The van der Waals surface area contributed by atoms with Crippen LogP contribution in [0.3, 0.4) is 0 Å². The number of pyridine rings is 1. The van der Waals surface area contributed by atoms with E-state index in [1.165, 1.54) is 0 Å². The molecule has 0 fully saturated rings. The number of rotatable bonds is 5. The Balaban J connectivity index is 1.78. The molecule has 2 aromatic carbocycles. The molecular weight excluding hydrogens is 398 g/mol. The Morgan fingerprint density at radius 3 is 2.83 bits per heavy atom. The number of hydrogen-bond acceptors (Lipinski definition) is 7. The van der Waals surface area contributed by atoms with Gasteiger partial charge >= 0.3 is 0 Å². The monoisotopic (exact) mass is 421 g/mol. The fraction of sp³-hybridized carbons (Fsp3) is 0.273. The lowest BCUT2D eigenvalue weighted by atomic mass is 10.1. The zero-order valence-corrected chi connectivity index (χ0v) is 17.3. The van der Waals surface area contributed by atoms with Crippen molar-refractivity contribution in [2.75, 3.05) is 35.6 Å². The molecule has 154 valence electrons. The Hall–Kier alpha value is -3.15. The summed E-state index contributed by atoms with van der Waals surface area (Å²) in [5.74, 6) is 0.738. The highest BCUT2D eigenvalue weighted by molar-refractivity contribution is 7.91. The van der Waals surface area contributed by atoms with Gasteiger partial charge in [0.25, 0.3) is 0 Å². The highest BCUT2D eigenvalue weighted by Gasteiger charge is 2.26. The second-order valence-electron chi connectivity index (χ2n) is 7.29. The number of nitrogens with one attached hydrogen (secondary N) is 1. The molecule has 1 aromatic heterocycles. The second kappa shape index (κ2) is 8.30. The van der Waals surface area contributed by atoms with Gasteiger partial charge in [0.05, 0.1) is 27.8 Å². The predicted octanol–water partition coefficient (Wildman–Crippen LogP) is 2.66. The molecule has 0 unspecified atom stereocenters. The van der Waals surface area contributed by atoms with E-state index < -0.39 is 9.84 Å². The van der Waals surface area contributed by atoms with E-state index in [9.17, 15) is 13.7 Å². The average Bonchev–Trinajstić information content (AvgIpc) is 2.89. The molecule has 3 N–H and O–H groups in total. The topological polar surface area (TPSA) is 112 Å². The van der Waals surface area contributed by atoms with Crippen LogP contribution in [-0.2, 0) is 16.4 Å². The van der Waals surface area contributed by atoms with Gasteiger partial charge in [-0.1, -0.05) is 18.2 Å². The Bertz CT molecular complexity index is 1230. The first-order chi connectivity index (χ1) is 14.5. The maximum Gasteiger partial charge on any atom is 0.180 e. The van der Waals surface area contributed by atoms with Crippen molar-refractivity contribution in [3.8, 4) is 6.07 Å². The molecule has 8 heteroatoms. The van der Waals surface area contributed by atoms with E-state index in [2.05, 4.69) is 11.4 Å². The molecule has 4 rings (SSSR count). The van der Waals surface area contributed by atoms with Crippen LogP contribution in [0.1, 0.15) is 17.5 Å². The standard InChI is InChI=1S/C22H23N5O2S/c23-8-3-9-25-20-13-22(26-19-7-6-16(14-24)12-18(19)20)27-10-11-30(28,29)21-5-2-1-4-17(21)15-27/h1-2,4-7,12-13H,3,8-11,15,23H2,(H,25,26). The minimum absolute atomic E-state index is 0.0348. The number of nitrogens with two attached hydrogens (primary N) is 1. The van der Waals surface area contributed by atoms with E-state index in [1.54, 1.807) is 18.2 Å². The summed E-state index contributed by atoms with van der Waals surface area (Å²) < 4.78 is 25.4. The second-order valence-corrected chi connectivity index (χ2v) is 9.37. The summed E-state index contributed by atoms with van der Waals surface area (Å²) in [4.78, 5) is 7.17. The van der Waals surface area contributed by atoms with Crippen LogP contribution in [-0.4, -0.2) is 38.8 Å². The van der Waals surface area contributed by atoms with Crippen LogP contribution in [0.15, 0.2) is 53.4 Å². The molecule has 0 amide bonds. The molecule has 1 aliphatic heterocycles. The van der Waals surface area contributed by atoms with Crippen LogP contribution in [0.25, 0.3) is 10.9 Å². The first-order valence-corrected chi connectivity index (χ1v) is 11.5. The van der Waals surface area contributed by atoms with E-state index in [1.807, 2.05) is 35.2 Å². The number of fused-ring (bicyclic) bond motifs is 2. The molecule has 7 nitrogen and oxygen atoms in total. The van der Waals surface area contributed by atoms with Crippen molar-refractivity contribution in [2.45, 2.75) is 17.9 Å². The van der Waals surface area contributed by atoms with E-state index in [0.29, 0.717) is 42.5 Å². The molecule has 1 aliphatic rings. The fourth-order valence-electron chi connectivity index (χ4n) is 3.67. The van der Waals surface area contributed by atoms with Crippen molar-refractivity contribution in [3.63, 3.8) is 0 Å². The van der Waals surface area contributed by atoms with Crippen molar-refractivity contribution in [3.05, 3.63) is 59.7 Å². The van der Waals surface area contributed by atoms with Crippen molar-refractivity contribution in [2.24, 2.45) is 5.73 Å². The van der Waals surface area contributed by atoms with E-state index in [-0.39, 0.29) is 5.75 Å². The maximum atomic E-state index is 12.7. The third kappa shape index (κ3) is 3.95. The number of benzene rings is 2. The summed E-state index contributed by atoms with van der Waals surface area (Å²) in [5.41, 5.74) is 8.58. The summed E-state index contributed by atoms with van der Waals surface area (Å²) in [6.45, 7) is 2.09. The first-order valence-electron chi connectivity index (χ1n) is 9.86. The average molecular weight is 422 g/mol. The van der Waals surface area contributed by atoms with Gasteiger partial charge in [0.15, 0.2) is 9.84 Å². The van der Waals surface area contributed by atoms with Crippen LogP contribution >= 0.6 is 0 Å². The van der Waals surface area contributed by atoms with Gasteiger partial charge in [-0.2, -0.15) is 5.26 Å². The molecule has 0 saturated heterocycles. The van der Waals surface area contributed by atoms with Crippen molar-refractivity contribution < 1.29 is 8.42 Å². The molecule has 0 aliphatic carbocycles. The lowest BCUT2D eigenvalue weighted by Gasteiger charge is -2.23. The molecule has 0 radical (unpaired) electrons. The van der Waals surface area contributed by atoms with Crippen LogP contribution in [0.4, 0.5) is 11.5 Å². The molecule has 0 bridgehead atoms. The lowest BCUT2D eigenvalue weighted by molar-refractivity contribution is 0.596. The lowest BCUT2D eigenvalue weighted by Crippen LogP contribution is -2.26. The fourth-order valence-corrected chi connectivity index (χ4v) is 5.17. The molecule has 3 aromatic rings. The van der Waals surface area contributed by atoms with Crippen molar-refractivity contribution >= 4 is 32.2 Å². The summed E-state index contributed by atoms with van der Waals surface area (Å²) in [5, 5.41) is 13.5. The van der Waals surface area contributed by atoms with Gasteiger partial charge < -0.3 is 16.0 Å². The summed E-state index contributed by atoms with van der Waals surface area (Å²) in [6.07, 6.45) is 0.812. The summed E-state index contributed by atoms with van der Waals surface area (Å²) in [6, 6.07) is 16.6. The van der Waals surface area contributed by atoms with Gasteiger partial charge in [-0.15, -0.1) is 0 Å². The third-order valence-electron chi connectivity index (χ3n) is 5.24. The number of nitriles is 1. The summed E-state index contributed by atoms with van der Waals surface area (Å²) in [7, 11) is -3.33. The van der Waals surface area contributed by atoms with Gasteiger partial charge in [0.1, 0.15) is 5.82 Å². The largest absolute Gasteiger partial charge is 0.384 e. The van der Waals surface area contributed by atoms with Crippen LogP contribution in [0, 0.1) is 11.3 Å². The van der Waals surface area contributed by atoms with Crippen LogP contribution in [0.5, 0.6) is 0 Å². The molecule has 2 heterocycles. The van der Waals surface area contributed by atoms with Gasteiger partial charge in [-0.25, -0.2) is 13.4 Å². The van der Waals surface area contributed by atoms with Crippen LogP contribution < -0.4 is 16.0 Å². The smallest absolute Gasteiger partial charge is 0.180 e. The molecular formula is C22H23N5O2S. The number of nitrogens with zero attached hydrogens (tertiary/aromatic N) is 3. The van der Waals surface area contributed by atoms with E-state index in [0.717, 1.165) is 28.6 Å². The Morgan fingerprint density at radius 1 is 1.20 bits per heavy atom. The highest BCUT2D eigenvalue weighted by atomic mass is 32.2. The number of aromatic nitrogens is 1. The van der Waals surface area contributed by atoms with E-state index in [4.69, 9.17) is 10.7 Å². The van der Waals surface area contributed by atoms with Gasteiger partial charge in [-0.05, 0) is 42.8 Å². The van der Waals surface area contributed by atoms with Crippen molar-refractivity contribution in [1.82, 2.24) is 4.98 Å². The number of hydrogen-bond donors (Lipinski definition) is 2. The third-order valence-corrected chi connectivity index (χ3v) is 7.03. The van der Waals surface area contributed by atoms with Crippen LogP contribution in [0.2, 0.25) is 0 Å². The molecule has 0 spiro atoms. The highest BCUT2D eigenvalue weighted by Crippen LogP contribution is 2.31. The normalized spacial score (nSPS) is 15.3. The van der Waals surface area contributed by atoms with Gasteiger partial charge in [0, 0.05) is 36.8 Å².